The fraction of sp³-hybridized carbons (Fsp3) is 0.174. The van der Waals surface area contributed by atoms with Gasteiger partial charge < -0.3 is 9.47 Å². The number of nitro benzene ring substituents is 1. The molecule has 0 bridgehead atoms. The Morgan fingerprint density at radius 1 is 1.14 bits per heavy atom. The molecule has 0 aromatic heterocycles. The molecule has 0 fully saturated rings. The number of carbonyl (C=O) groups excluding carboxylic acids is 1. The molecule has 0 saturated carbocycles. The zero-order valence-electron chi connectivity index (χ0n) is 18.3. The summed E-state index contributed by atoms with van der Waals surface area (Å²) >= 11 is 5.94. The van der Waals surface area contributed by atoms with E-state index < -0.39 is 42.0 Å². The zero-order chi connectivity index (χ0) is 26.3. The van der Waals surface area contributed by atoms with E-state index in [-0.39, 0.29) is 33.6 Å². The number of halogens is 4. The molecule has 1 heterocycles. The van der Waals surface area contributed by atoms with E-state index in [0.29, 0.717) is 11.6 Å². The summed E-state index contributed by atoms with van der Waals surface area (Å²) in [5.74, 6) is -0.935. The number of rotatable bonds is 7. The number of esters is 1. The highest BCUT2D eigenvalue weighted by atomic mass is 35.5. The minimum absolute atomic E-state index is 0.0849. The van der Waals surface area contributed by atoms with Crippen molar-refractivity contribution in [2.45, 2.75) is 19.4 Å². The van der Waals surface area contributed by atoms with Crippen LogP contribution in [0.4, 0.5) is 18.9 Å². The Morgan fingerprint density at radius 2 is 1.86 bits per heavy atom. The number of hydrogen-bond donors (Lipinski definition) is 0. The number of ether oxygens (including phenoxy) is 2. The van der Waals surface area contributed by atoms with Crippen molar-refractivity contribution >= 4 is 35.9 Å². The lowest BCUT2D eigenvalue weighted by Gasteiger charge is -2.22. The van der Waals surface area contributed by atoms with Gasteiger partial charge in [-0.3, -0.25) is 19.2 Å². The fourth-order valence-corrected chi connectivity index (χ4v) is 5.65. The highest BCUT2D eigenvalue weighted by molar-refractivity contribution is 7.67. The molecule has 2 atom stereocenters. The smallest absolute Gasteiger partial charge is 0.416 e. The maximum absolute atomic E-state index is 13.9. The van der Waals surface area contributed by atoms with Crippen molar-refractivity contribution in [2.75, 3.05) is 6.16 Å². The molecule has 0 amide bonds. The van der Waals surface area contributed by atoms with Crippen LogP contribution in [0.25, 0.3) is 0 Å². The van der Waals surface area contributed by atoms with Gasteiger partial charge in [-0.2, -0.15) is 13.2 Å². The summed E-state index contributed by atoms with van der Waals surface area (Å²) in [5.41, 5.74) is -0.986. The number of carbonyl (C=O) groups is 1. The van der Waals surface area contributed by atoms with Crippen LogP contribution >= 0.6 is 19.0 Å². The lowest BCUT2D eigenvalue weighted by molar-refractivity contribution is -0.383. The highest BCUT2D eigenvalue weighted by Gasteiger charge is 2.40. The molecular formula is C23H16ClF3NO7P. The zero-order valence-corrected chi connectivity index (χ0v) is 20.0. The first-order valence-corrected chi connectivity index (χ1v) is 12.5. The maximum Gasteiger partial charge on any atom is 0.416 e. The topological polar surface area (TPSA) is 105 Å². The number of alkyl halides is 3. The number of hydrogen-bond acceptors (Lipinski definition) is 7. The van der Waals surface area contributed by atoms with E-state index in [2.05, 4.69) is 0 Å². The summed E-state index contributed by atoms with van der Waals surface area (Å²) in [6.07, 6.45) is -6.17. The summed E-state index contributed by atoms with van der Waals surface area (Å²) < 4.78 is 69.1. The molecule has 0 aliphatic carbocycles. The van der Waals surface area contributed by atoms with Crippen LogP contribution in [0.5, 0.6) is 11.5 Å². The average molecular weight is 542 g/mol. The lowest BCUT2D eigenvalue weighted by atomic mass is 10.1. The van der Waals surface area contributed by atoms with E-state index in [1.165, 1.54) is 19.1 Å². The van der Waals surface area contributed by atoms with Gasteiger partial charge in [0.2, 0.25) is 13.7 Å². The molecule has 0 spiro atoms. The second-order valence-electron chi connectivity index (χ2n) is 7.57. The van der Waals surface area contributed by atoms with Crippen molar-refractivity contribution in [3.8, 4) is 11.5 Å². The first-order valence-electron chi connectivity index (χ1n) is 10.3. The van der Waals surface area contributed by atoms with Gasteiger partial charge >= 0.3 is 12.1 Å². The monoisotopic (exact) mass is 541 g/mol. The minimum atomic E-state index is -4.61. The number of nitrogens with zero attached hydrogens (tertiary/aromatic N) is 1. The average Bonchev–Trinajstić information content (AvgIpc) is 3.14. The molecule has 4 rings (SSSR count). The molecule has 0 radical (unpaired) electrons. The Balaban J connectivity index is 1.70. The quantitative estimate of drug-likeness (QED) is 0.139. The Kier molecular flexibility index (Phi) is 6.83. The molecule has 1 aliphatic heterocycles. The van der Waals surface area contributed by atoms with Crippen molar-refractivity contribution in [3.63, 3.8) is 0 Å². The van der Waals surface area contributed by atoms with Crippen LogP contribution in [0.15, 0.2) is 60.7 Å². The summed E-state index contributed by atoms with van der Waals surface area (Å²) in [4.78, 5) is 23.1. The maximum atomic E-state index is 13.9. The van der Waals surface area contributed by atoms with E-state index in [1.54, 1.807) is 18.2 Å². The van der Waals surface area contributed by atoms with Crippen LogP contribution in [-0.4, -0.2) is 17.1 Å². The molecule has 13 heteroatoms. The normalized spacial score (nSPS) is 16.7. The second kappa shape index (κ2) is 9.57. The highest BCUT2D eigenvalue weighted by Crippen LogP contribution is 2.54. The van der Waals surface area contributed by atoms with Gasteiger partial charge in [0.15, 0.2) is 0 Å². The Bertz CT molecular complexity index is 1410. The third kappa shape index (κ3) is 4.95. The molecule has 1 aliphatic rings. The molecule has 3 aromatic rings. The number of nitro groups is 1. The minimum Gasteiger partial charge on any atom is -0.456 e. The van der Waals surface area contributed by atoms with Crippen molar-refractivity contribution < 1.29 is 41.5 Å². The Labute approximate surface area is 207 Å². The van der Waals surface area contributed by atoms with Gasteiger partial charge in [0.1, 0.15) is 16.8 Å². The van der Waals surface area contributed by atoms with Crippen LogP contribution in [0, 0.1) is 10.1 Å². The second-order valence-corrected chi connectivity index (χ2v) is 10.7. The third-order valence-electron chi connectivity index (χ3n) is 5.33. The van der Waals surface area contributed by atoms with Crippen molar-refractivity contribution in [1.82, 2.24) is 0 Å². The SMILES string of the molecule is CCP(=O)(OC1OC(=O)c2ccccc21)c1cc(Oc2ccc(C(F)(F)F)cc2Cl)ccc1[N+](=O)[O-]. The van der Waals surface area contributed by atoms with Gasteiger partial charge in [-0.1, -0.05) is 36.7 Å². The number of fused-ring (bicyclic) bond motifs is 1. The number of cyclic esters (lactones) is 1. The standard InChI is InChI=1S/C23H16ClF3NO7P/c1-2-36(32,35-22-16-6-4-3-5-15(16)21(29)34-22)20-12-14(8-9-18(20)28(30)31)33-19-10-7-13(11-17(19)24)23(25,26)27/h3-12,22H,2H2,1H3. The molecule has 0 saturated heterocycles. The first-order chi connectivity index (χ1) is 16.9. The number of benzene rings is 3. The van der Waals surface area contributed by atoms with Crippen LogP contribution < -0.4 is 10.0 Å². The van der Waals surface area contributed by atoms with Gasteiger partial charge in [0.25, 0.3) is 5.69 Å². The van der Waals surface area contributed by atoms with Gasteiger partial charge in [0.05, 0.1) is 21.1 Å². The largest absolute Gasteiger partial charge is 0.456 e. The molecule has 8 nitrogen and oxygen atoms in total. The van der Waals surface area contributed by atoms with Crippen LogP contribution in [0.1, 0.15) is 34.7 Å². The molecule has 36 heavy (non-hydrogen) atoms. The fourth-order valence-electron chi connectivity index (χ4n) is 3.53. The Morgan fingerprint density at radius 3 is 2.50 bits per heavy atom. The van der Waals surface area contributed by atoms with Crippen LogP contribution in [-0.2, 0) is 20.0 Å². The predicted octanol–water partition coefficient (Wildman–Crippen LogP) is 6.87. The first kappa shape index (κ1) is 25.7. The van der Waals surface area contributed by atoms with E-state index in [9.17, 15) is 32.6 Å². The van der Waals surface area contributed by atoms with Crippen molar-refractivity contribution in [2.24, 2.45) is 0 Å². The third-order valence-corrected chi connectivity index (χ3v) is 8.08. The summed E-state index contributed by atoms with van der Waals surface area (Å²) in [6, 6.07) is 12.0. The summed E-state index contributed by atoms with van der Waals surface area (Å²) in [5, 5.41) is 11.0. The molecule has 0 N–H and O–H groups in total. The van der Waals surface area contributed by atoms with Gasteiger partial charge in [-0.05, 0) is 30.3 Å². The van der Waals surface area contributed by atoms with Crippen molar-refractivity contribution in [3.05, 3.63) is 92.5 Å². The van der Waals surface area contributed by atoms with Gasteiger partial charge in [-0.15, -0.1) is 0 Å². The molecule has 2 unspecified atom stereocenters. The predicted molar refractivity (Wildman–Crippen MR) is 123 cm³/mol. The van der Waals surface area contributed by atoms with E-state index in [0.717, 1.165) is 24.3 Å². The summed E-state index contributed by atoms with van der Waals surface area (Å²) in [7, 11) is -4.03. The molecular weight excluding hydrogens is 526 g/mol. The van der Waals surface area contributed by atoms with Crippen molar-refractivity contribution in [1.29, 1.82) is 0 Å². The molecule has 3 aromatic carbocycles. The van der Waals surface area contributed by atoms with E-state index >= 15 is 0 Å². The van der Waals surface area contributed by atoms with E-state index in [4.69, 9.17) is 25.6 Å². The van der Waals surface area contributed by atoms with Crippen LogP contribution in [0.2, 0.25) is 5.02 Å². The lowest BCUT2D eigenvalue weighted by Crippen LogP contribution is -2.17. The van der Waals surface area contributed by atoms with Gasteiger partial charge in [-0.25, -0.2) is 4.79 Å². The van der Waals surface area contributed by atoms with Crippen LogP contribution in [0.3, 0.4) is 0 Å². The Hall–Kier alpha value is -3.40. The van der Waals surface area contributed by atoms with E-state index in [1.807, 2.05) is 0 Å². The van der Waals surface area contributed by atoms with Gasteiger partial charge in [0, 0.05) is 23.9 Å². The molecule has 188 valence electrons. The summed E-state index contributed by atoms with van der Waals surface area (Å²) in [6.45, 7) is 1.48.